The number of hydrogen-bond acceptors (Lipinski definition) is 2. The summed E-state index contributed by atoms with van der Waals surface area (Å²) < 4.78 is 0. The summed E-state index contributed by atoms with van der Waals surface area (Å²) in [6.45, 7) is 5.34. The van der Waals surface area contributed by atoms with Crippen molar-refractivity contribution in [3.05, 3.63) is 35.4 Å². The molecule has 0 spiro atoms. The van der Waals surface area contributed by atoms with Crippen molar-refractivity contribution in [3.63, 3.8) is 0 Å². The molecule has 2 N–H and O–H groups in total. The molecule has 1 aliphatic carbocycles. The van der Waals surface area contributed by atoms with Crippen LogP contribution >= 0.6 is 0 Å². The molecule has 3 atom stereocenters. The third-order valence-electron chi connectivity index (χ3n) is 3.80. The van der Waals surface area contributed by atoms with Crippen LogP contribution in [0.5, 0.6) is 0 Å². The van der Waals surface area contributed by atoms with Crippen LogP contribution in [0.3, 0.4) is 0 Å². The summed E-state index contributed by atoms with van der Waals surface area (Å²) >= 11 is 0. The zero-order valence-electron chi connectivity index (χ0n) is 10.8. The minimum Gasteiger partial charge on any atom is -0.393 e. The average molecular weight is 233 g/mol. The maximum absolute atomic E-state index is 9.48. The Labute approximate surface area is 104 Å². The maximum atomic E-state index is 9.48. The van der Waals surface area contributed by atoms with Crippen molar-refractivity contribution < 1.29 is 5.11 Å². The maximum Gasteiger partial charge on any atom is 0.0543 e. The van der Waals surface area contributed by atoms with E-state index in [9.17, 15) is 5.11 Å². The summed E-state index contributed by atoms with van der Waals surface area (Å²) in [7, 11) is 0. The van der Waals surface area contributed by atoms with Gasteiger partial charge in [0.15, 0.2) is 0 Å². The minimum atomic E-state index is -0.0588. The van der Waals surface area contributed by atoms with Gasteiger partial charge in [0.2, 0.25) is 0 Å². The van der Waals surface area contributed by atoms with E-state index in [0.29, 0.717) is 12.0 Å². The molecule has 94 valence electrons. The lowest BCUT2D eigenvalue weighted by molar-refractivity contribution is 0.177. The zero-order chi connectivity index (χ0) is 12.3. The van der Waals surface area contributed by atoms with Crippen molar-refractivity contribution in [2.45, 2.75) is 45.3 Å². The number of nitrogens with one attached hydrogen (secondary N) is 1. The number of rotatable bonds is 4. The van der Waals surface area contributed by atoms with Gasteiger partial charge in [-0.25, -0.2) is 0 Å². The number of aryl methyl sites for hydroxylation is 1. The Kier molecular flexibility index (Phi) is 4.19. The van der Waals surface area contributed by atoms with E-state index in [1.54, 1.807) is 0 Å². The van der Waals surface area contributed by atoms with E-state index < -0.39 is 0 Å². The van der Waals surface area contributed by atoms with Crippen molar-refractivity contribution in [2.75, 3.05) is 6.54 Å². The van der Waals surface area contributed by atoms with Gasteiger partial charge in [0, 0.05) is 6.04 Å². The summed E-state index contributed by atoms with van der Waals surface area (Å²) in [4.78, 5) is 0. The fraction of sp³-hybridized carbons (Fsp3) is 0.600. The van der Waals surface area contributed by atoms with E-state index in [4.69, 9.17) is 0 Å². The molecule has 1 aromatic rings. The standard InChI is InChI=1S/C15H23NO/c1-11-3-6-14(7-4-11)12(2)16-10-13-5-8-15(17)9-13/h3-4,6-7,12-13,15-17H,5,8-10H2,1-2H3. The second-order valence-electron chi connectivity index (χ2n) is 5.37. The largest absolute Gasteiger partial charge is 0.393 e. The molecule has 0 radical (unpaired) electrons. The van der Waals surface area contributed by atoms with E-state index in [2.05, 4.69) is 43.4 Å². The van der Waals surface area contributed by atoms with Crippen molar-refractivity contribution in [3.8, 4) is 0 Å². The molecule has 1 aliphatic rings. The van der Waals surface area contributed by atoms with Gasteiger partial charge < -0.3 is 10.4 Å². The smallest absolute Gasteiger partial charge is 0.0543 e. The van der Waals surface area contributed by atoms with Crippen LogP contribution in [-0.2, 0) is 0 Å². The van der Waals surface area contributed by atoms with Crippen molar-refractivity contribution in [2.24, 2.45) is 5.92 Å². The monoisotopic (exact) mass is 233 g/mol. The van der Waals surface area contributed by atoms with Crippen LogP contribution in [-0.4, -0.2) is 17.8 Å². The molecular formula is C15H23NO. The Hall–Kier alpha value is -0.860. The second kappa shape index (κ2) is 5.65. The van der Waals surface area contributed by atoms with E-state index in [1.165, 1.54) is 11.1 Å². The predicted octanol–water partition coefficient (Wildman–Crippen LogP) is 2.81. The van der Waals surface area contributed by atoms with Crippen LogP contribution in [0.1, 0.15) is 43.4 Å². The average Bonchev–Trinajstić information content (AvgIpc) is 2.73. The summed E-state index contributed by atoms with van der Waals surface area (Å²) in [6, 6.07) is 9.10. The molecule has 2 rings (SSSR count). The Morgan fingerprint density at radius 3 is 2.59 bits per heavy atom. The normalized spacial score (nSPS) is 26.1. The molecule has 17 heavy (non-hydrogen) atoms. The van der Waals surface area contributed by atoms with Gasteiger partial charge in [-0.15, -0.1) is 0 Å². The Morgan fingerprint density at radius 1 is 1.29 bits per heavy atom. The van der Waals surface area contributed by atoms with Crippen LogP contribution in [0.25, 0.3) is 0 Å². The number of benzene rings is 1. The predicted molar refractivity (Wildman–Crippen MR) is 70.9 cm³/mol. The fourth-order valence-electron chi connectivity index (χ4n) is 2.55. The molecule has 2 nitrogen and oxygen atoms in total. The van der Waals surface area contributed by atoms with Crippen LogP contribution in [0.2, 0.25) is 0 Å². The Morgan fingerprint density at radius 2 is 2.00 bits per heavy atom. The molecule has 0 saturated heterocycles. The molecule has 0 aromatic heterocycles. The third kappa shape index (κ3) is 3.55. The zero-order valence-corrected chi connectivity index (χ0v) is 10.8. The molecule has 1 fully saturated rings. The van der Waals surface area contributed by atoms with Gasteiger partial charge in [0.1, 0.15) is 0 Å². The molecule has 0 heterocycles. The lowest BCUT2D eigenvalue weighted by atomic mass is 10.0. The van der Waals surface area contributed by atoms with Gasteiger partial charge in [-0.3, -0.25) is 0 Å². The molecule has 0 amide bonds. The second-order valence-corrected chi connectivity index (χ2v) is 5.37. The summed E-state index contributed by atoms with van der Waals surface area (Å²) in [6.07, 6.45) is 3.05. The number of hydrogen-bond donors (Lipinski definition) is 2. The Bertz CT molecular complexity index is 346. The molecule has 0 bridgehead atoms. The Balaban J connectivity index is 1.81. The van der Waals surface area contributed by atoms with Gasteiger partial charge in [0.25, 0.3) is 0 Å². The lowest BCUT2D eigenvalue weighted by Crippen LogP contribution is -2.25. The molecule has 3 unspecified atom stereocenters. The highest BCUT2D eigenvalue weighted by Crippen LogP contribution is 2.25. The molecule has 0 aliphatic heterocycles. The fourth-order valence-corrected chi connectivity index (χ4v) is 2.55. The van der Waals surface area contributed by atoms with Crippen LogP contribution in [0, 0.1) is 12.8 Å². The van der Waals surface area contributed by atoms with Crippen molar-refractivity contribution in [1.29, 1.82) is 0 Å². The number of aliphatic hydroxyl groups excluding tert-OH is 1. The van der Waals surface area contributed by atoms with Gasteiger partial charge >= 0.3 is 0 Å². The van der Waals surface area contributed by atoms with Gasteiger partial charge in [0.05, 0.1) is 6.10 Å². The van der Waals surface area contributed by atoms with Crippen molar-refractivity contribution >= 4 is 0 Å². The third-order valence-corrected chi connectivity index (χ3v) is 3.80. The van der Waals surface area contributed by atoms with Crippen LogP contribution in [0.15, 0.2) is 24.3 Å². The molecule has 1 saturated carbocycles. The highest BCUT2D eigenvalue weighted by atomic mass is 16.3. The highest BCUT2D eigenvalue weighted by Gasteiger charge is 2.22. The van der Waals surface area contributed by atoms with Gasteiger partial charge in [-0.1, -0.05) is 29.8 Å². The first-order chi connectivity index (χ1) is 8.15. The summed E-state index contributed by atoms with van der Waals surface area (Å²) in [5.74, 6) is 0.651. The first-order valence-electron chi connectivity index (χ1n) is 6.63. The van der Waals surface area contributed by atoms with Crippen LogP contribution in [0.4, 0.5) is 0 Å². The van der Waals surface area contributed by atoms with Crippen LogP contribution < -0.4 is 5.32 Å². The summed E-state index contributed by atoms with van der Waals surface area (Å²) in [5.41, 5.74) is 2.65. The van der Waals surface area contributed by atoms with E-state index in [0.717, 1.165) is 25.8 Å². The topological polar surface area (TPSA) is 32.3 Å². The van der Waals surface area contributed by atoms with E-state index >= 15 is 0 Å². The molecular weight excluding hydrogens is 210 g/mol. The molecule has 2 heteroatoms. The van der Waals surface area contributed by atoms with E-state index in [-0.39, 0.29) is 6.10 Å². The van der Waals surface area contributed by atoms with E-state index in [1.807, 2.05) is 0 Å². The first-order valence-corrected chi connectivity index (χ1v) is 6.63. The van der Waals surface area contributed by atoms with Gasteiger partial charge in [-0.05, 0) is 51.1 Å². The SMILES string of the molecule is Cc1ccc(C(C)NCC2CCC(O)C2)cc1. The highest BCUT2D eigenvalue weighted by molar-refractivity contribution is 5.23. The number of aliphatic hydroxyl groups is 1. The lowest BCUT2D eigenvalue weighted by Gasteiger charge is -2.17. The van der Waals surface area contributed by atoms with Crippen molar-refractivity contribution in [1.82, 2.24) is 5.32 Å². The molecule has 1 aromatic carbocycles. The first kappa shape index (κ1) is 12.6. The summed E-state index contributed by atoms with van der Waals surface area (Å²) in [5, 5.41) is 13.1. The quantitative estimate of drug-likeness (QED) is 0.838. The minimum absolute atomic E-state index is 0.0588. The van der Waals surface area contributed by atoms with Gasteiger partial charge in [-0.2, -0.15) is 0 Å².